The van der Waals surface area contributed by atoms with Crippen molar-refractivity contribution in [3.8, 4) is 0 Å². The number of likely N-dealkylation sites (tertiary alicyclic amines) is 1. The number of Topliss-reactive ketones (excluding diaryl/α,β-unsaturated/α-hetero) is 1. The molecule has 2 atom stereocenters. The molecule has 0 saturated carbocycles. The lowest BCUT2D eigenvalue weighted by Gasteiger charge is -2.32. The molecule has 4 rings (SSSR count). The fraction of sp³-hybridized carbons (Fsp3) is 0.407. The molecular weight excluding hydrogens is 476 g/mol. The van der Waals surface area contributed by atoms with Crippen LogP contribution in [0.15, 0.2) is 59.6 Å². The molecule has 2 unspecified atom stereocenters. The van der Waals surface area contributed by atoms with Crippen LogP contribution in [0.3, 0.4) is 0 Å². The summed E-state index contributed by atoms with van der Waals surface area (Å²) in [6, 6.07) is 15.6. The van der Waals surface area contributed by atoms with Crippen molar-refractivity contribution < 1.29 is 28.7 Å². The first-order chi connectivity index (χ1) is 17.9. The van der Waals surface area contributed by atoms with Gasteiger partial charge < -0.3 is 20.1 Å². The number of hydrogen-bond donors (Lipinski definition) is 2. The number of hydroxylamine groups is 1. The van der Waals surface area contributed by atoms with E-state index < -0.39 is 18.2 Å². The summed E-state index contributed by atoms with van der Waals surface area (Å²) in [7, 11) is 0. The van der Waals surface area contributed by atoms with Crippen LogP contribution < -0.4 is 11.2 Å². The van der Waals surface area contributed by atoms with Gasteiger partial charge in [-0.2, -0.15) is 0 Å². The van der Waals surface area contributed by atoms with E-state index in [1.165, 1.54) is 0 Å². The van der Waals surface area contributed by atoms with Gasteiger partial charge in [0.1, 0.15) is 6.61 Å². The summed E-state index contributed by atoms with van der Waals surface area (Å²) in [6.45, 7) is 2.95. The molecule has 37 heavy (non-hydrogen) atoms. The van der Waals surface area contributed by atoms with Crippen molar-refractivity contribution in [2.45, 2.75) is 44.6 Å². The maximum absolute atomic E-state index is 12.9. The Hall–Kier alpha value is -3.60. The molecule has 2 aliphatic heterocycles. The summed E-state index contributed by atoms with van der Waals surface area (Å²) >= 11 is 0. The minimum atomic E-state index is -0.941. The second-order valence-corrected chi connectivity index (χ2v) is 8.91. The minimum Gasteiger partial charge on any atom is -0.464 e. The minimum absolute atomic E-state index is 0.0736. The van der Waals surface area contributed by atoms with Gasteiger partial charge in [-0.15, -0.1) is 0 Å². The molecule has 0 aliphatic carbocycles. The molecule has 1 fully saturated rings. The molecule has 1 saturated heterocycles. The van der Waals surface area contributed by atoms with Crippen molar-refractivity contribution in [2.24, 2.45) is 10.7 Å². The number of carbonyl (C=O) groups is 3. The molecular formula is C27H32N4O6. The monoisotopic (exact) mass is 508 g/mol. The Morgan fingerprint density at radius 1 is 1.11 bits per heavy atom. The lowest BCUT2D eigenvalue weighted by atomic mass is 9.99. The number of rotatable bonds is 10. The molecule has 0 aromatic heterocycles. The number of hydrogen-bond acceptors (Lipinski definition) is 9. The number of aliphatic imine (C=N–C) groups is 1. The topological polar surface area (TPSA) is 133 Å². The van der Waals surface area contributed by atoms with E-state index in [1.807, 2.05) is 30.3 Å². The van der Waals surface area contributed by atoms with Gasteiger partial charge in [0.15, 0.2) is 11.6 Å². The van der Waals surface area contributed by atoms with Gasteiger partial charge in [0.2, 0.25) is 12.1 Å². The van der Waals surface area contributed by atoms with Gasteiger partial charge in [0.25, 0.3) is 0 Å². The number of nitrogens with two attached hydrogens (primary N) is 1. The van der Waals surface area contributed by atoms with Crippen molar-refractivity contribution in [2.75, 3.05) is 26.3 Å². The Morgan fingerprint density at radius 3 is 2.49 bits per heavy atom. The van der Waals surface area contributed by atoms with Gasteiger partial charge in [-0.25, -0.2) is 20.1 Å². The standard InChI is InChI=1S/C27H32N4O6/c1-2-35-24(33)17-36-21-12-14-31(15-13-21)23(32)16-22(28)25(34)18-8-10-19(11-9-18)26-29-27(37-30-26)20-6-4-3-5-7-20/h3-11,21-22,27H,2,12-17,28H2,1H3,(H,29,30). The third kappa shape index (κ3) is 7.00. The van der Waals surface area contributed by atoms with Gasteiger partial charge in [-0.1, -0.05) is 54.6 Å². The van der Waals surface area contributed by atoms with Crippen LogP contribution in [0.4, 0.5) is 0 Å². The zero-order chi connectivity index (χ0) is 26.2. The Kier molecular flexibility index (Phi) is 8.99. The smallest absolute Gasteiger partial charge is 0.332 e. The van der Waals surface area contributed by atoms with E-state index in [4.69, 9.17) is 20.0 Å². The van der Waals surface area contributed by atoms with Gasteiger partial charge in [-0.3, -0.25) is 9.59 Å². The molecule has 0 bridgehead atoms. The fourth-order valence-electron chi connectivity index (χ4n) is 4.25. The summed E-state index contributed by atoms with van der Waals surface area (Å²) < 4.78 is 10.4. The first-order valence-electron chi connectivity index (χ1n) is 12.4. The van der Waals surface area contributed by atoms with E-state index >= 15 is 0 Å². The number of ether oxygens (including phenoxy) is 2. The second-order valence-electron chi connectivity index (χ2n) is 8.91. The second kappa shape index (κ2) is 12.6. The number of nitrogens with one attached hydrogen (secondary N) is 1. The maximum atomic E-state index is 12.9. The third-order valence-electron chi connectivity index (χ3n) is 6.31. The summed E-state index contributed by atoms with van der Waals surface area (Å²) in [5, 5.41) is 0. The van der Waals surface area contributed by atoms with Crippen molar-refractivity contribution in [3.05, 3.63) is 71.3 Å². The van der Waals surface area contributed by atoms with Crippen LogP contribution >= 0.6 is 0 Å². The molecule has 2 aromatic carbocycles. The number of nitrogens with zero attached hydrogens (tertiary/aromatic N) is 2. The van der Waals surface area contributed by atoms with Gasteiger partial charge in [-0.05, 0) is 19.8 Å². The Bertz CT molecular complexity index is 1110. The molecule has 2 aromatic rings. The van der Waals surface area contributed by atoms with E-state index in [1.54, 1.807) is 36.1 Å². The van der Waals surface area contributed by atoms with Gasteiger partial charge in [0.05, 0.1) is 18.8 Å². The molecule has 2 heterocycles. The SMILES string of the molecule is CCOC(=O)COC1CCN(C(=O)CC(N)C(=O)c2ccc(C3=NC(c4ccccc4)ON3)cc2)CC1. The number of carbonyl (C=O) groups excluding carboxylic acids is 3. The summed E-state index contributed by atoms with van der Waals surface area (Å²) in [5.74, 6) is -0.292. The Labute approximate surface area is 215 Å². The van der Waals surface area contributed by atoms with Crippen LogP contribution in [-0.2, 0) is 23.9 Å². The summed E-state index contributed by atoms with van der Waals surface area (Å²) in [6.07, 6.45) is 0.613. The van der Waals surface area contributed by atoms with Crippen LogP contribution in [-0.4, -0.2) is 66.8 Å². The molecule has 1 amide bonds. The average Bonchev–Trinajstić information content (AvgIpc) is 3.43. The highest BCUT2D eigenvalue weighted by Gasteiger charge is 2.27. The lowest BCUT2D eigenvalue weighted by Crippen LogP contribution is -2.44. The van der Waals surface area contributed by atoms with E-state index in [-0.39, 0.29) is 30.8 Å². The highest BCUT2D eigenvalue weighted by Crippen LogP contribution is 2.23. The predicted molar refractivity (Wildman–Crippen MR) is 135 cm³/mol. The number of amides is 1. The van der Waals surface area contributed by atoms with E-state index in [0.29, 0.717) is 43.9 Å². The highest BCUT2D eigenvalue weighted by molar-refractivity contribution is 6.04. The first-order valence-corrected chi connectivity index (χ1v) is 12.4. The first kappa shape index (κ1) is 26.5. The number of benzene rings is 2. The lowest BCUT2D eigenvalue weighted by molar-refractivity contribution is -0.152. The predicted octanol–water partition coefficient (Wildman–Crippen LogP) is 2.14. The zero-order valence-corrected chi connectivity index (χ0v) is 20.8. The molecule has 3 N–H and O–H groups in total. The average molecular weight is 509 g/mol. The van der Waals surface area contributed by atoms with Crippen LogP contribution in [0.2, 0.25) is 0 Å². The van der Waals surface area contributed by atoms with Gasteiger partial charge >= 0.3 is 5.97 Å². The van der Waals surface area contributed by atoms with Crippen LogP contribution in [0.5, 0.6) is 0 Å². The van der Waals surface area contributed by atoms with E-state index in [9.17, 15) is 14.4 Å². The fourth-order valence-corrected chi connectivity index (χ4v) is 4.25. The Balaban J connectivity index is 1.25. The van der Waals surface area contributed by atoms with Crippen LogP contribution in [0.25, 0.3) is 0 Å². The number of amidine groups is 1. The number of esters is 1. The largest absolute Gasteiger partial charge is 0.464 e. The van der Waals surface area contributed by atoms with Crippen LogP contribution in [0.1, 0.15) is 53.9 Å². The van der Waals surface area contributed by atoms with E-state index in [2.05, 4.69) is 10.5 Å². The molecule has 196 valence electrons. The van der Waals surface area contributed by atoms with Gasteiger partial charge in [0, 0.05) is 36.2 Å². The molecule has 10 heteroatoms. The summed E-state index contributed by atoms with van der Waals surface area (Å²) in [4.78, 5) is 48.8. The van der Waals surface area contributed by atoms with Crippen molar-refractivity contribution in [1.29, 1.82) is 0 Å². The normalized spacial score (nSPS) is 18.6. The summed E-state index contributed by atoms with van der Waals surface area (Å²) in [5.41, 5.74) is 11.1. The zero-order valence-electron chi connectivity index (χ0n) is 20.8. The molecule has 0 radical (unpaired) electrons. The van der Waals surface area contributed by atoms with Crippen molar-refractivity contribution in [1.82, 2.24) is 10.4 Å². The third-order valence-corrected chi connectivity index (χ3v) is 6.31. The van der Waals surface area contributed by atoms with E-state index in [0.717, 1.165) is 11.1 Å². The maximum Gasteiger partial charge on any atom is 0.332 e. The number of piperidine rings is 1. The Morgan fingerprint density at radius 2 is 1.81 bits per heavy atom. The van der Waals surface area contributed by atoms with Crippen molar-refractivity contribution >= 4 is 23.5 Å². The molecule has 0 spiro atoms. The quantitative estimate of drug-likeness (QED) is 0.369. The molecule has 10 nitrogen and oxygen atoms in total. The highest BCUT2D eigenvalue weighted by atomic mass is 16.7. The molecule has 2 aliphatic rings. The van der Waals surface area contributed by atoms with Crippen LogP contribution in [0, 0.1) is 0 Å². The number of ketones is 1. The van der Waals surface area contributed by atoms with Crippen molar-refractivity contribution in [3.63, 3.8) is 0 Å².